The van der Waals surface area contributed by atoms with Gasteiger partial charge in [0.2, 0.25) is 0 Å². The van der Waals surface area contributed by atoms with Crippen LogP contribution in [0.1, 0.15) is 11.1 Å². The Balaban J connectivity index is 0.000000195. The Labute approximate surface area is 275 Å². The molecule has 5 heteroatoms. The van der Waals surface area contributed by atoms with Crippen LogP contribution in [0.25, 0.3) is 43.8 Å². The normalized spacial score (nSPS) is 10.5. The standard InChI is InChI=1S/C18H19Si.C17H15.C2H6Si.2ClH.Zr/c1-19(2,3)16-12-15-10-7-11-17(18(15)13-16)14-8-5-4-6-9-14;1-12-10-16-13(2)8-9-15(17(16)11-12)14-6-4-3-5-7-14;1-3-2;;;/h4-13H,1-3H3;3-11H,1-2H3;1-2H3;2*1H;/q2*-1;;;;+4/p-2. The van der Waals surface area contributed by atoms with E-state index < -0.39 is 28.9 Å². The Morgan fingerprint density at radius 3 is 1.69 bits per heavy atom. The van der Waals surface area contributed by atoms with Crippen molar-refractivity contribution in [2.45, 2.75) is 46.6 Å². The SMILES string of the molecule is C[Si](C)(C)c1cc2c(-c3ccccc3)cccc2[cH-]1.C[Si]C.Cc1cc2c(-c3ccccc3)ccc(C)c2[cH-]1.[Cl][Zr+2][Cl]. The van der Waals surface area contributed by atoms with Crippen molar-refractivity contribution in [2.24, 2.45) is 0 Å². The molecule has 2 radical (unpaired) electrons. The van der Waals surface area contributed by atoms with Gasteiger partial charge in [0, 0.05) is 9.52 Å². The van der Waals surface area contributed by atoms with Gasteiger partial charge in [-0.1, -0.05) is 131 Å². The Bertz CT molecular complexity index is 1660. The van der Waals surface area contributed by atoms with E-state index in [9.17, 15) is 0 Å². The van der Waals surface area contributed by atoms with Crippen LogP contribution >= 0.6 is 17.0 Å². The molecule has 6 aromatic carbocycles. The number of rotatable bonds is 3. The summed E-state index contributed by atoms with van der Waals surface area (Å²) in [5.74, 6) is 0. The van der Waals surface area contributed by atoms with Gasteiger partial charge >= 0.3 is 37.9 Å². The van der Waals surface area contributed by atoms with E-state index in [2.05, 4.69) is 162 Å². The van der Waals surface area contributed by atoms with E-state index in [-0.39, 0.29) is 0 Å². The molecule has 0 aliphatic heterocycles. The van der Waals surface area contributed by atoms with Crippen molar-refractivity contribution in [3.8, 4) is 22.3 Å². The van der Waals surface area contributed by atoms with Crippen LogP contribution in [0.15, 0.2) is 115 Å². The number of aryl methyl sites for hydroxylation is 2. The van der Waals surface area contributed by atoms with E-state index >= 15 is 0 Å². The van der Waals surface area contributed by atoms with Gasteiger partial charge in [0.15, 0.2) is 0 Å². The van der Waals surface area contributed by atoms with Gasteiger partial charge in [-0.3, -0.25) is 0 Å². The first-order valence-electron chi connectivity index (χ1n) is 14.2. The zero-order valence-corrected chi connectivity index (χ0v) is 31.7. The average Bonchev–Trinajstić information content (AvgIpc) is 3.60. The molecule has 0 atom stereocenters. The topological polar surface area (TPSA) is 0 Å². The summed E-state index contributed by atoms with van der Waals surface area (Å²) < 4.78 is 0. The van der Waals surface area contributed by atoms with Crippen molar-refractivity contribution < 1.29 is 20.8 Å². The second-order valence-electron chi connectivity index (χ2n) is 11.4. The van der Waals surface area contributed by atoms with Crippen LogP contribution in [-0.2, 0) is 20.8 Å². The average molecular weight is 703 g/mol. The van der Waals surface area contributed by atoms with Gasteiger partial charge in [0.1, 0.15) is 0 Å². The first kappa shape index (κ1) is 34.5. The molecule has 6 aromatic rings. The maximum absolute atomic E-state index is 4.93. The van der Waals surface area contributed by atoms with Crippen LogP contribution in [0.2, 0.25) is 32.7 Å². The number of hydrogen-bond donors (Lipinski definition) is 0. The molecule has 0 heterocycles. The van der Waals surface area contributed by atoms with Gasteiger partial charge in [0.05, 0.1) is 8.07 Å². The van der Waals surface area contributed by atoms with Crippen LogP contribution in [0.3, 0.4) is 0 Å². The van der Waals surface area contributed by atoms with E-state index in [0.29, 0.717) is 0 Å². The van der Waals surface area contributed by atoms with Crippen LogP contribution < -0.4 is 5.19 Å². The third kappa shape index (κ3) is 9.25. The summed E-state index contributed by atoms with van der Waals surface area (Å²) in [6, 6.07) is 41.7. The molecule has 0 aromatic heterocycles. The predicted octanol–water partition coefficient (Wildman–Crippen LogP) is 11.8. The third-order valence-electron chi connectivity index (χ3n) is 7.04. The van der Waals surface area contributed by atoms with Gasteiger partial charge < -0.3 is 0 Å². The van der Waals surface area contributed by atoms with Gasteiger partial charge in [-0.25, -0.2) is 0 Å². The summed E-state index contributed by atoms with van der Waals surface area (Å²) in [5, 5.41) is 7.06. The van der Waals surface area contributed by atoms with Gasteiger partial charge in [-0.05, 0) is 11.1 Å². The molecule has 0 spiro atoms. The molecule has 214 valence electrons. The van der Waals surface area contributed by atoms with E-state index in [0.717, 1.165) is 9.52 Å². The zero-order valence-electron chi connectivity index (χ0n) is 25.7. The van der Waals surface area contributed by atoms with Crippen LogP contribution in [0.4, 0.5) is 0 Å². The summed E-state index contributed by atoms with van der Waals surface area (Å²) in [6.45, 7) is 15.9. The molecule has 42 heavy (non-hydrogen) atoms. The van der Waals surface area contributed by atoms with E-state index in [4.69, 9.17) is 17.0 Å². The summed E-state index contributed by atoms with van der Waals surface area (Å²) >= 11 is -0.826. The number of benzene rings is 4. The first-order valence-corrected chi connectivity index (χ1v) is 26.0. The summed E-state index contributed by atoms with van der Waals surface area (Å²) in [4.78, 5) is 0. The van der Waals surface area contributed by atoms with E-state index in [1.165, 1.54) is 54.9 Å². The molecule has 0 N–H and O–H groups in total. The molecule has 0 saturated heterocycles. The second-order valence-corrected chi connectivity index (χ2v) is 21.2. The monoisotopic (exact) mass is 700 g/mol. The van der Waals surface area contributed by atoms with Crippen molar-refractivity contribution in [1.82, 2.24) is 0 Å². The molecule has 0 saturated carbocycles. The Kier molecular flexibility index (Phi) is 13.7. The number of hydrogen-bond acceptors (Lipinski definition) is 0. The van der Waals surface area contributed by atoms with Crippen molar-refractivity contribution in [3.05, 3.63) is 126 Å². The van der Waals surface area contributed by atoms with E-state index in [1.54, 1.807) is 5.19 Å². The van der Waals surface area contributed by atoms with Gasteiger partial charge in [0.25, 0.3) is 0 Å². The molecule has 0 bridgehead atoms. The first-order chi connectivity index (χ1) is 20.1. The Hall–Kier alpha value is -2.00. The van der Waals surface area contributed by atoms with Crippen molar-refractivity contribution in [1.29, 1.82) is 0 Å². The molecule has 0 unspecified atom stereocenters. The fourth-order valence-corrected chi connectivity index (χ4v) is 6.16. The minimum absolute atomic E-state index is 0.826. The molecule has 0 aliphatic carbocycles. The minimum atomic E-state index is -1.24. The summed E-state index contributed by atoms with van der Waals surface area (Å²) in [7, 11) is 9.71. The maximum atomic E-state index is 4.93. The summed E-state index contributed by atoms with van der Waals surface area (Å²) in [5.41, 5.74) is 7.98. The fourth-order valence-electron chi connectivity index (χ4n) is 5.00. The quantitative estimate of drug-likeness (QED) is 0.127. The zero-order chi connectivity index (χ0) is 30.7. The molecule has 0 nitrogen and oxygen atoms in total. The van der Waals surface area contributed by atoms with Crippen molar-refractivity contribution in [2.75, 3.05) is 0 Å². The molecule has 0 aliphatic rings. The van der Waals surface area contributed by atoms with Crippen molar-refractivity contribution in [3.63, 3.8) is 0 Å². The Morgan fingerprint density at radius 2 is 1.17 bits per heavy atom. The van der Waals surface area contributed by atoms with Gasteiger partial charge in [-0.2, -0.15) is 12.1 Å². The molecule has 0 amide bonds. The third-order valence-corrected chi connectivity index (χ3v) is 9.06. The Morgan fingerprint density at radius 1 is 0.643 bits per heavy atom. The van der Waals surface area contributed by atoms with Crippen LogP contribution in [0, 0.1) is 13.8 Å². The number of fused-ring (bicyclic) bond motifs is 2. The molecular formula is C37H40Cl2Si2Zr. The fraction of sp³-hybridized carbons (Fsp3) is 0.189. The van der Waals surface area contributed by atoms with Gasteiger partial charge in [-0.15, -0.1) is 68.2 Å². The van der Waals surface area contributed by atoms with Crippen LogP contribution in [0.5, 0.6) is 0 Å². The van der Waals surface area contributed by atoms with Crippen LogP contribution in [-0.4, -0.2) is 17.6 Å². The molecule has 0 fully saturated rings. The number of halogens is 2. The molecular weight excluding hydrogens is 663 g/mol. The predicted molar refractivity (Wildman–Crippen MR) is 192 cm³/mol. The summed E-state index contributed by atoms with van der Waals surface area (Å²) in [6.07, 6.45) is 0. The van der Waals surface area contributed by atoms with Crippen molar-refractivity contribution >= 4 is 61.4 Å². The second kappa shape index (κ2) is 16.7. The van der Waals surface area contributed by atoms with E-state index in [1.807, 2.05) is 0 Å². The molecule has 6 rings (SSSR count).